The number of benzene rings is 5. The average Bonchev–Trinajstić information content (AvgIpc) is 3.69. The van der Waals surface area contributed by atoms with Crippen LogP contribution in [0.1, 0.15) is 93.4 Å². The maximum atomic E-state index is 14.4. The first-order valence-electron chi connectivity index (χ1n) is 22.2. The Hall–Kier alpha value is -7.31. The number of amides is 2. The number of nitrogens with zero attached hydrogens (tertiary/aromatic N) is 5. The van der Waals surface area contributed by atoms with Crippen molar-refractivity contribution >= 4 is 41.3 Å². The van der Waals surface area contributed by atoms with Gasteiger partial charge in [0.15, 0.2) is 11.6 Å². The minimum Gasteiger partial charge on any atom is -0.444 e. The molecule has 66 heavy (non-hydrogen) atoms. The van der Waals surface area contributed by atoms with Gasteiger partial charge in [0.05, 0.1) is 17.8 Å². The number of fused-ring (bicyclic) bond motifs is 1. The SMILES string of the molecule is COC(c1ccc2c(c1)N=CC(NC(=O)CC(C)(C)NC(=O)OC(C)(C)C)C=C2)C1CC=C(c2ccccc2-c2nnnn2C(c2ccccc2)(c2ccccc2)c2ccccc2)C(=O)C1. The van der Waals surface area contributed by atoms with Gasteiger partial charge in [0.25, 0.3) is 0 Å². The van der Waals surface area contributed by atoms with E-state index in [9.17, 15) is 14.4 Å². The fourth-order valence-electron chi connectivity index (χ4n) is 9.06. The van der Waals surface area contributed by atoms with Crippen LogP contribution in [0.4, 0.5) is 10.5 Å². The smallest absolute Gasteiger partial charge is 0.408 e. The van der Waals surface area contributed by atoms with Crippen molar-refractivity contribution < 1.29 is 23.9 Å². The molecule has 0 spiro atoms. The molecule has 2 aliphatic rings. The van der Waals surface area contributed by atoms with Crippen molar-refractivity contribution in [1.29, 1.82) is 0 Å². The molecule has 1 aliphatic carbocycles. The number of aliphatic imine (C=N–C) groups is 1. The number of carbonyl (C=O) groups excluding carboxylic acids is 3. The number of allylic oxidation sites excluding steroid dienone is 2. The van der Waals surface area contributed by atoms with Crippen molar-refractivity contribution in [1.82, 2.24) is 30.8 Å². The second kappa shape index (κ2) is 19.0. The number of Topliss-reactive ketones (excluding diaryl/α,β-unsaturated/α-hetero) is 1. The molecule has 8 rings (SSSR count). The van der Waals surface area contributed by atoms with Gasteiger partial charge in [0.1, 0.15) is 11.1 Å². The van der Waals surface area contributed by atoms with Crippen molar-refractivity contribution in [2.75, 3.05) is 7.11 Å². The van der Waals surface area contributed by atoms with Crippen LogP contribution in [-0.4, -0.2) is 68.5 Å². The number of carbonyl (C=O) groups is 3. The lowest BCUT2D eigenvalue weighted by atomic mass is 9.76. The highest BCUT2D eigenvalue weighted by atomic mass is 16.6. The van der Waals surface area contributed by atoms with E-state index in [1.54, 1.807) is 47.9 Å². The van der Waals surface area contributed by atoms with E-state index in [0.29, 0.717) is 17.8 Å². The molecule has 0 radical (unpaired) electrons. The van der Waals surface area contributed by atoms with E-state index in [-0.39, 0.29) is 36.6 Å². The molecule has 2 N–H and O–H groups in total. The van der Waals surface area contributed by atoms with Gasteiger partial charge in [-0.15, -0.1) is 5.10 Å². The number of rotatable bonds is 13. The van der Waals surface area contributed by atoms with Crippen molar-refractivity contribution in [3.05, 3.63) is 179 Å². The van der Waals surface area contributed by atoms with Crippen LogP contribution in [0.15, 0.2) is 151 Å². The van der Waals surface area contributed by atoms with Crippen LogP contribution in [0.25, 0.3) is 23.0 Å². The van der Waals surface area contributed by atoms with E-state index in [0.717, 1.165) is 44.6 Å². The first-order valence-corrected chi connectivity index (χ1v) is 22.2. The minimum atomic E-state index is -0.959. The summed E-state index contributed by atoms with van der Waals surface area (Å²) in [6.07, 6.45) is 7.44. The summed E-state index contributed by atoms with van der Waals surface area (Å²) in [7, 11) is 1.67. The zero-order valence-corrected chi connectivity index (χ0v) is 38.1. The van der Waals surface area contributed by atoms with Crippen LogP contribution in [0.5, 0.6) is 0 Å². The minimum absolute atomic E-state index is 0.000939. The molecular weight excluding hydrogens is 827 g/mol. The quantitative estimate of drug-likeness (QED) is 0.109. The molecule has 3 unspecified atom stereocenters. The van der Waals surface area contributed by atoms with Gasteiger partial charge < -0.3 is 20.1 Å². The molecule has 2 heterocycles. The molecular formula is C54H55N7O5. The van der Waals surface area contributed by atoms with Crippen LogP contribution in [-0.2, 0) is 24.6 Å². The van der Waals surface area contributed by atoms with Crippen LogP contribution < -0.4 is 10.6 Å². The number of hydrogen-bond acceptors (Lipinski definition) is 9. The number of aromatic nitrogens is 4. The second-order valence-corrected chi connectivity index (χ2v) is 18.4. The zero-order chi connectivity index (χ0) is 46.5. The third-order valence-electron chi connectivity index (χ3n) is 11.9. The standard InChI is InChI=1S/C54H55N7O5/c1-52(2,3)66-51(64)57-53(4,5)34-48(63)56-42-30-28-36-26-27-37(32-46(36)55-35-42)49(65-6)38-29-31-44(47(62)33-38)43-24-16-17-25-45(43)50-58-59-60-61(50)54(39-18-10-7-11-19-39,40-20-12-8-13-21-40)41-22-14-9-15-23-41/h7-28,30-32,35,38,42,49H,29,33-34H2,1-6H3,(H,56,63)(H,57,64). The highest BCUT2D eigenvalue weighted by Gasteiger charge is 2.42. The van der Waals surface area contributed by atoms with E-state index in [4.69, 9.17) is 19.7 Å². The number of ketones is 1. The number of methoxy groups -OCH3 is 1. The predicted octanol–water partition coefficient (Wildman–Crippen LogP) is 9.84. The number of nitrogens with one attached hydrogen (secondary N) is 2. The van der Waals surface area contributed by atoms with Crippen LogP contribution >= 0.6 is 0 Å². The molecule has 12 nitrogen and oxygen atoms in total. The molecule has 2 amide bonds. The summed E-state index contributed by atoms with van der Waals surface area (Å²) in [6.45, 7) is 8.90. The largest absolute Gasteiger partial charge is 0.444 e. The summed E-state index contributed by atoms with van der Waals surface area (Å²) in [5, 5.41) is 19.5. The maximum Gasteiger partial charge on any atom is 0.408 e. The second-order valence-electron chi connectivity index (χ2n) is 18.4. The van der Waals surface area contributed by atoms with Crippen molar-refractivity contribution in [2.45, 2.75) is 82.7 Å². The van der Waals surface area contributed by atoms with E-state index in [1.807, 2.05) is 120 Å². The Bertz CT molecular complexity index is 2700. The molecule has 1 aliphatic heterocycles. The van der Waals surface area contributed by atoms with E-state index >= 15 is 0 Å². The molecule has 0 saturated heterocycles. The normalized spacial score (nSPS) is 16.7. The average molecular weight is 882 g/mol. The third-order valence-corrected chi connectivity index (χ3v) is 11.9. The highest BCUT2D eigenvalue weighted by Crippen LogP contribution is 2.44. The van der Waals surface area contributed by atoms with Gasteiger partial charge in [-0.2, -0.15) is 0 Å². The van der Waals surface area contributed by atoms with Crippen LogP contribution in [0, 0.1) is 5.92 Å². The summed E-state index contributed by atoms with van der Waals surface area (Å²) in [4.78, 5) is 44.7. The Balaban J connectivity index is 1.04. The van der Waals surface area contributed by atoms with Crippen LogP contribution in [0.2, 0.25) is 0 Å². The molecule has 3 atom stereocenters. The Morgan fingerprint density at radius 3 is 2.00 bits per heavy atom. The van der Waals surface area contributed by atoms with Crippen molar-refractivity contribution in [2.24, 2.45) is 10.9 Å². The summed E-state index contributed by atoms with van der Waals surface area (Å²) in [5.41, 5.74) is 5.08. The van der Waals surface area contributed by atoms with Crippen molar-refractivity contribution in [3.8, 4) is 11.4 Å². The lowest BCUT2D eigenvalue weighted by Crippen LogP contribution is -2.49. The van der Waals surface area contributed by atoms with Gasteiger partial charge in [-0.05, 0) is 96.8 Å². The van der Waals surface area contributed by atoms with Crippen molar-refractivity contribution in [3.63, 3.8) is 0 Å². The Labute approximate surface area is 385 Å². The van der Waals surface area contributed by atoms with Crippen LogP contribution in [0.3, 0.4) is 0 Å². The molecule has 1 aromatic heterocycles. The molecule has 5 aromatic carbocycles. The fourth-order valence-corrected chi connectivity index (χ4v) is 9.06. The van der Waals surface area contributed by atoms with E-state index in [2.05, 4.69) is 57.3 Å². The first kappa shape index (κ1) is 45.3. The predicted molar refractivity (Wildman–Crippen MR) is 257 cm³/mol. The molecule has 0 fully saturated rings. The lowest BCUT2D eigenvalue weighted by molar-refractivity contribution is -0.122. The zero-order valence-electron chi connectivity index (χ0n) is 38.1. The molecule has 0 saturated carbocycles. The Morgan fingerprint density at radius 1 is 0.803 bits per heavy atom. The first-order chi connectivity index (χ1) is 31.8. The van der Waals surface area contributed by atoms with Gasteiger partial charge >= 0.3 is 6.09 Å². The Kier molecular flexibility index (Phi) is 13.1. The third kappa shape index (κ3) is 9.69. The monoisotopic (exact) mass is 881 g/mol. The molecule has 6 aromatic rings. The summed E-state index contributed by atoms with van der Waals surface area (Å²) < 4.78 is 13.4. The number of alkyl carbamates (subject to hydrolysis) is 1. The summed E-state index contributed by atoms with van der Waals surface area (Å²) in [6, 6.07) is 44.1. The van der Waals surface area contributed by atoms with E-state index in [1.165, 1.54) is 0 Å². The topological polar surface area (TPSA) is 150 Å². The number of ether oxygens (including phenoxy) is 2. The number of tetrazole rings is 1. The van der Waals surface area contributed by atoms with E-state index < -0.39 is 28.8 Å². The van der Waals surface area contributed by atoms with Gasteiger partial charge in [0, 0.05) is 42.8 Å². The fraction of sp³-hybridized carbons (Fsp3) is 0.278. The number of hydrogen-bond donors (Lipinski definition) is 2. The van der Waals surface area contributed by atoms with Gasteiger partial charge in [-0.1, -0.05) is 146 Å². The summed E-state index contributed by atoms with van der Waals surface area (Å²) in [5.74, 6) is 0.129. The van der Waals surface area contributed by atoms with Gasteiger partial charge in [-0.25, -0.2) is 9.48 Å². The maximum absolute atomic E-state index is 14.4. The molecule has 12 heteroatoms. The molecule has 336 valence electrons. The highest BCUT2D eigenvalue weighted by molar-refractivity contribution is 6.22. The summed E-state index contributed by atoms with van der Waals surface area (Å²) >= 11 is 0. The van der Waals surface area contributed by atoms with Gasteiger partial charge in [-0.3, -0.25) is 14.6 Å². The Morgan fingerprint density at radius 2 is 1.41 bits per heavy atom. The molecule has 0 bridgehead atoms. The lowest BCUT2D eigenvalue weighted by Gasteiger charge is -2.36. The van der Waals surface area contributed by atoms with Gasteiger partial charge in [0.2, 0.25) is 5.91 Å².